The molecule has 0 spiro atoms. The third-order valence-corrected chi connectivity index (χ3v) is 7.26. The summed E-state index contributed by atoms with van der Waals surface area (Å²) in [5, 5.41) is 5.87. The van der Waals surface area contributed by atoms with Crippen molar-refractivity contribution in [1.29, 1.82) is 0 Å². The lowest BCUT2D eigenvalue weighted by atomic mass is 10.3. The van der Waals surface area contributed by atoms with Gasteiger partial charge >= 0.3 is 23.9 Å². The highest BCUT2D eigenvalue weighted by Crippen LogP contribution is 2.11. The highest BCUT2D eigenvalue weighted by molar-refractivity contribution is 5.90. The third-order valence-electron chi connectivity index (χ3n) is 7.26. The molecule has 1 saturated heterocycles. The molecule has 0 saturated carbocycles. The molecule has 0 atom stereocenters. The van der Waals surface area contributed by atoms with E-state index in [1.807, 2.05) is 0 Å². The van der Waals surface area contributed by atoms with Gasteiger partial charge in [-0.1, -0.05) is 0 Å². The van der Waals surface area contributed by atoms with Gasteiger partial charge in [-0.3, -0.25) is 19.9 Å². The second kappa shape index (κ2) is 18.8. The number of nitrogens with zero attached hydrogens (tertiary/aromatic N) is 8. The van der Waals surface area contributed by atoms with Crippen molar-refractivity contribution in [2.45, 2.75) is 12.8 Å². The molecule has 4 aromatic heterocycles. The molecular formula is C34H36N8O8. The number of carbonyl (C=O) groups is 4. The maximum atomic E-state index is 13.0. The van der Waals surface area contributed by atoms with Crippen molar-refractivity contribution in [3.8, 4) is 0 Å². The predicted octanol–water partition coefficient (Wildman–Crippen LogP) is 2.66. The van der Waals surface area contributed by atoms with Gasteiger partial charge < -0.3 is 19.4 Å². The first-order valence-corrected chi connectivity index (χ1v) is 15.9. The fourth-order valence-electron chi connectivity index (χ4n) is 4.72. The molecule has 0 radical (unpaired) electrons. The minimum Gasteiger partial charge on any atom is -0.364 e. The van der Waals surface area contributed by atoms with E-state index >= 15 is 0 Å². The minimum absolute atomic E-state index is 0.154. The Balaban J connectivity index is 1.34. The molecule has 260 valence electrons. The van der Waals surface area contributed by atoms with E-state index in [2.05, 4.69) is 19.9 Å². The summed E-state index contributed by atoms with van der Waals surface area (Å²) < 4.78 is 0. The minimum atomic E-state index is -0.607. The standard InChI is InChI=1S/C34H36N8O8/c43-31(27-7-1-11-35-23-27)47-39-15-5-16-41(49-33(45)29-9-3-13-37-25-29)21-22-42(50-34(46)30-10-4-14-38-26-30)18-6-17-40(20-19-39)48-32(44)28-8-2-12-36-24-28/h1-4,7-14,23-26H,5-6,15-22H2. The number of hydroxylamine groups is 8. The molecule has 5 heterocycles. The van der Waals surface area contributed by atoms with Gasteiger partial charge in [-0.25, -0.2) is 19.2 Å². The summed E-state index contributed by atoms with van der Waals surface area (Å²) in [7, 11) is 0. The molecule has 16 heteroatoms. The summed E-state index contributed by atoms with van der Waals surface area (Å²) in [6, 6.07) is 12.9. The molecule has 0 N–H and O–H groups in total. The summed E-state index contributed by atoms with van der Waals surface area (Å²) in [6.07, 6.45) is 12.6. The number of carbonyl (C=O) groups excluding carboxylic acids is 4. The van der Waals surface area contributed by atoms with E-state index in [4.69, 9.17) is 19.4 Å². The molecule has 0 aromatic carbocycles. The predicted molar refractivity (Wildman–Crippen MR) is 174 cm³/mol. The highest BCUT2D eigenvalue weighted by Gasteiger charge is 2.23. The van der Waals surface area contributed by atoms with E-state index in [0.29, 0.717) is 12.8 Å². The van der Waals surface area contributed by atoms with Crippen molar-refractivity contribution in [2.24, 2.45) is 0 Å². The van der Waals surface area contributed by atoms with Crippen LogP contribution in [0.5, 0.6) is 0 Å². The van der Waals surface area contributed by atoms with E-state index in [1.54, 1.807) is 73.3 Å². The zero-order valence-electron chi connectivity index (χ0n) is 27.2. The Morgan fingerprint density at radius 2 is 0.640 bits per heavy atom. The summed E-state index contributed by atoms with van der Waals surface area (Å²) in [5.74, 6) is -2.43. The normalized spacial score (nSPS) is 16.0. The molecule has 0 aliphatic carbocycles. The molecule has 5 rings (SSSR count). The highest BCUT2D eigenvalue weighted by atomic mass is 16.7. The molecule has 1 aliphatic rings. The van der Waals surface area contributed by atoms with Crippen molar-refractivity contribution >= 4 is 23.9 Å². The van der Waals surface area contributed by atoms with Gasteiger partial charge in [0.2, 0.25) is 0 Å². The van der Waals surface area contributed by atoms with Gasteiger partial charge in [0.15, 0.2) is 0 Å². The number of aromatic nitrogens is 4. The summed E-state index contributed by atoms with van der Waals surface area (Å²) in [5.41, 5.74) is 1.05. The van der Waals surface area contributed by atoms with Crippen LogP contribution in [-0.2, 0) is 19.4 Å². The number of hydrogen-bond donors (Lipinski definition) is 0. The summed E-state index contributed by atoms with van der Waals surface area (Å²) in [6.45, 7) is 1.55. The quantitative estimate of drug-likeness (QED) is 0.265. The Kier molecular flexibility index (Phi) is 13.4. The molecule has 1 aliphatic heterocycles. The summed E-state index contributed by atoms with van der Waals surface area (Å²) >= 11 is 0. The SMILES string of the molecule is O=C(ON1CCCN(OC(=O)c2cccnc2)CCN(OC(=O)c2cccnc2)CCCN(OC(=O)c2cccnc2)CC1)c1cccnc1. The molecule has 1 fully saturated rings. The van der Waals surface area contributed by atoms with E-state index in [-0.39, 0.29) is 74.6 Å². The fraction of sp³-hybridized carbons (Fsp3) is 0.294. The second-order valence-corrected chi connectivity index (χ2v) is 10.9. The van der Waals surface area contributed by atoms with E-state index < -0.39 is 23.9 Å². The van der Waals surface area contributed by atoms with Gasteiger partial charge in [-0.2, -0.15) is 0 Å². The molecule has 16 nitrogen and oxygen atoms in total. The largest absolute Gasteiger partial charge is 0.364 e. The lowest BCUT2D eigenvalue weighted by Crippen LogP contribution is -2.43. The van der Waals surface area contributed by atoms with E-state index in [0.717, 1.165) is 0 Å². The number of rotatable bonds is 8. The lowest BCUT2D eigenvalue weighted by molar-refractivity contribution is -0.167. The Hall–Kier alpha value is -5.68. The van der Waals surface area contributed by atoms with Crippen LogP contribution in [0, 0.1) is 0 Å². The van der Waals surface area contributed by atoms with Crippen LogP contribution < -0.4 is 0 Å². The second-order valence-electron chi connectivity index (χ2n) is 10.9. The van der Waals surface area contributed by atoms with Crippen LogP contribution in [0.1, 0.15) is 54.3 Å². The Bertz CT molecular complexity index is 1420. The molecule has 0 amide bonds. The van der Waals surface area contributed by atoms with Crippen molar-refractivity contribution in [3.05, 3.63) is 120 Å². The zero-order valence-corrected chi connectivity index (χ0v) is 27.2. The first kappa shape index (κ1) is 35.6. The zero-order chi connectivity index (χ0) is 35.0. The first-order valence-electron chi connectivity index (χ1n) is 15.9. The molecular weight excluding hydrogens is 648 g/mol. The molecule has 4 aromatic rings. The van der Waals surface area contributed by atoms with Gasteiger partial charge in [0.1, 0.15) is 0 Å². The molecule has 0 bridgehead atoms. The van der Waals surface area contributed by atoms with Crippen molar-refractivity contribution in [1.82, 2.24) is 40.2 Å². The number of hydrogen-bond acceptors (Lipinski definition) is 16. The van der Waals surface area contributed by atoms with Crippen molar-refractivity contribution in [2.75, 3.05) is 52.4 Å². The third kappa shape index (κ3) is 11.2. The van der Waals surface area contributed by atoms with Crippen LogP contribution in [0.25, 0.3) is 0 Å². The maximum absolute atomic E-state index is 13.0. The van der Waals surface area contributed by atoms with Gasteiger partial charge in [0.25, 0.3) is 0 Å². The fourth-order valence-corrected chi connectivity index (χ4v) is 4.72. The van der Waals surface area contributed by atoms with Crippen molar-refractivity contribution < 1.29 is 38.5 Å². The average molecular weight is 685 g/mol. The maximum Gasteiger partial charge on any atom is 0.358 e. The number of pyridine rings is 4. The molecule has 0 unspecified atom stereocenters. The van der Waals surface area contributed by atoms with Gasteiger partial charge in [-0.15, -0.1) is 20.3 Å². The van der Waals surface area contributed by atoms with Crippen LogP contribution in [-0.4, -0.2) is 116 Å². The van der Waals surface area contributed by atoms with E-state index in [1.165, 1.54) is 45.0 Å². The Labute approximate surface area is 288 Å². The van der Waals surface area contributed by atoms with Crippen LogP contribution >= 0.6 is 0 Å². The average Bonchev–Trinajstić information content (AvgIpc) is 3.16. The van der Waals surface area contributed by atoms with Crippen LogP contribution in [0.4, 0.5) is 0 Å². The van der Waals surface area contributed by atoms with Crippen LogP contribution in [0.15, 0.2) is 98.1 Å². The molecule has 50 heavy (non-hydrogen) atoms. The van der Waals surface area contributed by atoms with Gasteiger partial charge in [0, 0.05) is 75.8 Å². The monoisotopic (exact) mass is 684 g/mol. The van der Waals surface area contributed by atoms with Gasteiger partial charge in [-0.05, 0) is 61.4 Å². The Morgan fingerprint density at radius 3 is 0.840 bits per heavy atom. The van der Waals surface area contributed by atoms with Crippen LogP contribution in [0.2, 0.25) is 0 Å². The topological polar surface area (TPSA) is 170 Å². The first-order chi connectivity index (χ1) is 24.4. The van der Waals surface area contributed by atoms with E-state index in [9.17, 15) is 19.2 Å². The smallest absolute Gasteiger partial charge is 0.358 e. The van der Waals surface area contributed by atoms with Crippen molar-refractivity contribution in [3.63, 3.8) is 0 Å². The van der Waals surface area contributed by atoms with Crippen LogP contribution in [0.3, 0.4) is 0 Å². The Morgan fingerprint density at radius 1 is 0.400 bits per heavy atom. The summed E-state index contributed by atoms with van der Waals surface area (Å²) in [4.78, 5) is 90.8. The lowest BCUT2D eigenvalue weighted by Gasteiger charge is -2.29. The van der Waals surface area contributed by atoms with Gasteiger partial charge in [0.05, 0.1) is 48.4 Å².